The molecule has 2 saturated heterocycles. The van der Waals surface area contributed by atoms with Gasteiger partial charge in [0.05, 0.1) is 0 Å². The topological polar surface area (TPSA) is 27.3 Å². The summed E-state index contributed by atoms with van der Waals surface area (Å²) in [5.74, 6) is 0. The summed E-state index contributed by atoms with van der Waals surface area (Å²) < 4.78 is 0. The fraction of sp³-hybridized carbons (Fsp3) is 0.435. The van der Waals surface area contributed by atoms with Crippen LogP contribution in [0.5, 0.6) is 0 Å². The third kappa shape index (κ3) is 4.88. The van der Waals surface area contributed by atoms with Crippen LogP contribution in [-0.4, -0.2) is 34.7 Å². The van der Waals surface area contributed by atoms with Crippen LogP contribution in [0.2, 0.25) is 0 Å². The average Bonchev–Trinajstić information content (AvgIpc) is 2.68. The van der Waals surface area contributed by atoms with Crippen molar-refractivity contribution in [1.82, 2.24) is 10.2 Å². The Morgan fingerprint density at radius 1 is 0.926 bits per heavy atom. The van der Waals surface area contributed by atoms with E-state index in [2.05, 4.69) is 58.0 Å². The van der Waals surface area contributed by atoms with Gasteiger partial charge in [0, 0.05) is 30.4 Å². The van der Waals surface area contributed by atoms with Crippen molar-refractivity contribution in [3.05, 3.63) is 66.2 Å². The molecule has 27 heavy (non-hydrogen) atoms. The Morgan fingerprint density at radius 3 is 2.22 bits per heavy atom. The van der Waals surface area contributed by atoms with Gasteiger partial charge in [-0.05, 0) is 62.0 Å². The fourth-order valence-corrected chi connectivity index (χ4v) is 5.02. The molecule has 0 unspecified atom stereocenters. The number of para-hydroxylation sites is 1. The summed E-state index contributed by atoms with van der Waals surface area (Å²) in [4.78, 5) is 2.78. The Labute approximate surface area is 168 Å². The van der Waals surface area contributed by atoms with E-state index in [1.807, 2.05) is 18.2 Å². The van der Waals surface area contributed by atoms with Crippen LogP contribution in [-0.2, 0) is 6.42 Å². The third-order valence-electron chi connectivity index (χ3n) is 5.99. The van der Waals surface area contributed by atoms with E-state index in [-0.39, 0.29) is 0 Å². The summed E-state index contributed by atoms with van der Waals surface area (Å²) in [6, 6.07) is 22.9. The number of benzene rings is 2. The van der Waals surface area contributed by atoms with Gasteiger partial charge in [-0.1, -0.05) is 55.0 Å². The lowest BCUT2D eigenvalue weighted by Crippen LogP contribution is -2.57. The minimum Gasteiger partial charge on any atom is -0.360 e. The monoisotopic (exact) mass is 379 g/mol. The number of hydrogen-bond acceptors (Lipinski definition) is 2. The highest BCUT2D eigenvalue weighted by atomic mass is 32.1. The van der Waals surface area contributed by atoms with Crippen molar-refractivity contribution in [2.45, 2.75) is 56.7 Å². The van der Waals surface area contributed by atoms with Crippen LogP contribution in [0.4, 0.5) is 5.69 Å². The largest absolute Gasteiger partial charge is 0.360 e. The maximum atomic E-state index is 5.56. The first-order valence-corrected chi connectivity index (χ1v) is 10.6. The third-order valence-corrected chi connectivity index (χ3v) is 6.21. The Hall–Kier alpha value is -1.91. The molecule has 2 aromatic rings. The summed E-state index contributed by atoms with van der Waals surface area (Å²) in [5.41, 5.74) is 2.50. The number of thiocarbonyl (C=S) groups is 1. The maximum Gasteiger partial charge on any atom is 0.170 e. The number of anilines is 1. The van der Waals surface area contributed by atoms with Crippen LogP contribution in [0.15, 0.2) is 60.7 Å². The molecule has 2 heterocycles. The summed E-state index contributed by atoms with van der Waals surface area (Å²) >= 11 is 5.56. The molecule has 0 aromatic heterocycles. The Morgan fingerprint density at radius 2 is 1.56 bits per heavy atom. The molecule has 4 rings (SSSR count). The predicted octanol–water partition coefficient (Wildman–Crippen LogP) is 4.60. The molecule has 0 radical (unpaired) electrons. The lowest BCUT2D eigenvalue weighted by Gasteiger charge is -2.49. The summed E-state index contributed by atoms with van der Waals surface area (Å²) in [6.45, 7) is 1.18. The number of hydrogen-bond donors (Lipinski definition) is 2. The van der Waals surface area contributed by atoms with E-state index in [1.165, 1.54) is 44.2 Å². The molecule has 2 fully saturated rings. The molecule has 2 bridgehead atoms. The molecule has 2 aliphatic rings. The zero-order valence-corrected chi connectivity index (χ0v) is 16.6. The van der Waals surface area contributed by atoms with Crippen LogP contribution in [0.3, 0.4) is 0 Å². The number of nitrogens with one attached hydrogen (secondary N) is 2. The van der Waals surface area contributed by atoms with Crippen LogP contribution in [0.1, 0.15) is 37.7 Å². The van der Waals surface area contributed by atoms with E-state index in [0.29, 0.717) is 18.1 Å². The number of nitrogens with zero attached hydrogens (tertiary/aromatic N) is 1. The minimum absolute atomic E-state index is 0.483. The molecule has 0 aliphatic carbocycles. The van der Waals surface area contributed by atoms with Crippen LogP contribution >= 0.6 is 12.2 Å². The van der Waals surface area contributed by atoms with Crippen molar-refractivity contribution in [2.75, 3.05) is 11.9 Å². The second-order valence-electron chi connectivity index (χ2n) is 7.84. The normalized spacial score (nSPS) is 25.0. The van der Waals surface area contributed by atoms with E-state index >= 15 is 0 Å². The molecule has 2 atom stereocenters. The molecule has 2 aliphatic heterocycles. The molecular weight excluding hydrogens is 350 g/mol. The van der Waals surface area contributed by atoms with Gasteiger partial charge in [-0.3, -0.25) is 4.90 Å². The Kier molecular flexibility index (Phi) is 6.05. The molecule has 2 N–H and O–H groups in total. The SMILES string of the molecule is S=C(Nc1ccccc1)NC1C[C@H]2CCC[C@H](C1)N2CCc1ccccc1. The van der Waals surface area contributed by atoms with E-state index in [1.54, 1.807) is 0 Å². The van der Waals surface area contributed by atoms with Gasteiger partial charge in [-0.2, -0.15) is 0 Å². The number of fused-ring (bicyclic) bond motifs is 2. The van der Waals surface area contributed by atoms with Gasteiger partial charge in [0.15, 0.2) is 5.11 Å². The van der Waals surface area contributed by atoms with Gasteiger partial charge >= 0.3 is 0 Å². The Balaban J connectivity index is 1.31. The Bertz CT molecular complexity index is 720. The second-order valence-corrected chi connectivity index (χ2v) is 8.25. The molecule has 4 heteroatoms. The standard InChI is InChI=1S/C23H29N3S/c27-23(24-19-10-5-2-6-11-19)25-20-16-21-12-7-13-22(17-20)26(21)15-14-18-8-3-1-4-9-18/h1-6,8-11,20-22H,7,12-17H2,(H2,24,25,27)/t21-,22-/m1/s1. The highest BCUT2D eigenvalue weighted by molar-refractivity contribution is 7.80. The van der Waals surface area contributed by atoms with E-state index in [4.69, 9.17) is 12.2 Å². The van der Waals surface area contributed by atoms with Gasteiger partial charge < -0.3 is 10.6 Å². The van der Waals surface area contributed by atoms with Gasteiger partial charge in [0.1, 0.15) is 0 Å². The maximum absolute atomic E-state index is 5.56. The summed E-state index contributed by atoms with van der Waals surface area (Å²) in [5, 5.41) is 7.66. The highest BCUT2D eigenvalue weighted by Gasteiger charge is 2.37. The van der Waals surface area contributed by atoms with Crippen LogP contribution < -0.4 is 10.6 Å². The number of piperidine rings is 2. The van der Waals surface area contributed by atoms with Crippen molar-refractivity contribution in [2.24, 2.45) is 0 Å². The fourth-order valence-electron chi connectivity index (χ4n) is 4.74. The van der Waals surface area contributed by atoms with Gasteiger partial charge in [0.2, 0.25) is 0 Å². The number of rotatable bonds is 5. The first kappa shape index (κ1) is 18.5. The van der Waals surface area contributed by atoms with E-state index in [0.717, 1.165) is 17.2 Å². The zero-order chi connectivity index (χ0) is 18.5. The summed E-state index contributed by atoms with van der Waals surface area (Å²) in [7, 11) is 0. The first-order valence-electron chi connectivity index (χ1n) is 10.2. The van der Waals surface area contributed by atoms with Crippen molar-refractivity contribution >= 4 is 23.0 Å². The lowest BCUT2D eigenvalue weighted by atomic mass is 9.81. The van der Waals surface area contributed by atoms with Gasteiger partial charge in [-0.25, -0.2) is 0 Å². The zero-order valence-electron chi connectivity index (χ0n) is 15.8. The first-order chi connectivity index (χ1) is 13.3. The second kappa shape index (κ2) is 8.85. The molecule has 0 amide bonds. The predicted molar refractivity (Wildman–Crippen MR) is 117 cm³/mol. The molecule has 2 aromatic carbocycles. The van der Waals surface area contributed by atoms with Crippen molar-refractivity contribution in [3.63, 3.8) is 0 Å². The van der Waals surface area contributed by atoms with Crippen LogP contribution in [0.25, 0.3) is 0 Å². The quantitative estimate of drug-likeness (QED) is 0.743. The molecular formula is C23H29N3S. The lowest BCUT2D eigenvalue weighted by molar-refractivity contribution is 0.0293. The molecule has 142 valence electrons. The average molecular weight is 380 g/mol. The minimum atomic E-state index is 0.483. The van der Waals surface area contributed by atoms with Crippen molar-refractivity contribution < 1.29 is 0 Å². The van der Waals surface area contributed by atoms with E-state index in [9.17, 15) is 0 Å². The van der Waals surface area contributed by atoms with Crippen molar-refractivity contribution in [3.8, 4) is 0 Å². The van der Waals surface area contributed by atoms with Gasteiger partial charge in [0.25, 0.3) is 0 Å². The summed E-state index contributed by atoms with van der Waals surface area (Å²) in [6.07, 6.45) is 7.56. The van der Waals surface area contributed by atoms with E-state index < -0.39 is 0 Å². The highest BCUT2D eigenvalue weighted by Crippen LogP contribution is 2.34. The van der Waals surface area contributed by atoms with Crippen molar-refractivity contribution in [1.29, 1.82) is 0 Å². The van der Waals surface area contributed by atoms with Crippen LogP contribution in [0, 0.1) is 0 Å². The molecule has 3 nitrogen and oxygen atoms in total. The van der Waals surface area contributed by atoms with Gasteiger partial charge in [-0.15, -0.1) is 0 Å². The molecule has 0 saturated carbocycles. The smallest absolute Gasteiger partial charge is 0.170 e. The molecule has 0 spiro atoms.